The minimum Gasteiger partial charge on any atom is -0.479 e. The van der Waals surface area contributed by atoms with Gasteiger partial charge in [0, 0.05) is 10.6 Å². The van der Waals surface area contributed by atoms with Crippen LogP contribution in [0.3, 0.4) is 0 Å². The van der Waals surface area contributed by atoms with E-state index in [1.165, 1.54) is 18.2 Å². The Hall–Kier alpha value is -1.09. The molecule has 1 rings (SSSR count). The average Bonchev–Trinajstić information content (AvgIpc) is 2.04. The van der Waals surface area contributed by atoms with Crippen LogP contribution in [0.15, 0.2) is 24.3 Å². The van der Waals surface area contributed by atoms with E-state index in [-0.39, 0.29) is 5.56 Å². The molecule has 2 nitrogen and oxygen atoms in total. The van der Waals surface area contributed by atoms with Crippen LogP contribution < -0.4 is 0 Å². The molecule has 0 saturated heterocycles. The van der Waals surface area contributed by atoms with E-state index in [4.69, 9.17) is 16.7 Å². The Balaban J connectivity index is 3.14. The van der Waals surface area contributed by atoms with E-state index in [1.54, 1.807) is 6.07 Å². The summed E-state index contributed by atoms with van der Waals surface area (Å²) in [7, 11) is 0. The van der Waals surface area contributed by atoms with Crippen molar-refractivity contribution in [3.63, 3.8) is 0 Å². The number of hydrogen-bond donors (Lipinski definition) is 1. The normalized spacial score (nSPS) is 15.0. The van der Waals surface area contributed by atoms with Gasteiger partial charge in [0.2, 0.25) is 5.67 Å². The van der Waals surface area contributed by atoms with Crippen molar-refractivity contribution in [1.29, 1.82) is 0 Å². The van der Waals surface area contributed by atoms with Gasteiger partial charge in [-0.05, 0) is 19.1 Å². The Bertz CT molecular complexity index is 336. The van der Waals surface area contributed by atoms with Crippen LogP contribution in [0.1, 0.15) is 12.5 Å². The highest BCUT2D eigenvalue weighted by Crippen LogP contribution is 2.27. The van der Waals surface area contributed by atoms with Gasteiger partial charge in [0.05, 0.1) is 0 Å². The molecule has 0 heterocycles. The van der Waals surface area contributed by atoms with Crippen LogP contribution in [0.5, 0.6) is 0 Å². The number of rotatable bonds is 2. The van der Waals surface area contributed by atoms with Gasteiger partial charge < -0.3 is 5.11 Å². The van der Waals surface area contributed by atoms with Crippen LogP contribution >= 0.6 is 11.6 Å². The maximum Gasteiger partial charge on any atom is 0.345 e. The van der Waals surface area contributed by atoms with Crippen molar-refractivity contribution in [3.8, 4) is 0 Å². The molecule has 0 bridgehead atoms. The van der Waals surface area contributed by atoms with Gasteiger partial charge in [-0.1, -0.05) is 23.7 Å². The lowest BCUT2D eigenvalue weighted by Gasteiger charge is -2.15. The molecule has 0 aliphatic carbocycles. The van der Waals surface area contributed by atoms with Crippen molar-refractivity contribution < 1.29 is 14.3 Å². The SMILES string of the molecule is CC(F)(C(=O)O)c1cccc(Cl)c1. The lowest BCUT2D eigenvalue weighted by atomic mass is 9.98. The summed E-state index contributed by atoms with van der Waals surface area (Å²) in [5.74, 6) is -1.52. The van der Waals surface area contributed by atoms with Gasteiger partial charge in [-0.25, -0.2) is 9.18 Å². The lowest BCUT2D eigenvalue weighted by molar-refractivity contribution is -0.150. The number of halogens is 2. The number of aliphatic carboxylic acids is 1. The maximum atomic E-state index is 13.5. The third kappa shape index (κ3) is 1.98. The van der Waals surface area contributed by atoms with Gasteiger partial charge in [0.25, 0.3) is 0 Å². The fourth-order valence-electron chi connectivity index (χ4n) is 0.904. The van der Waals surface area contributed by atoms with Crippen molar-refractivity contribution >= 4 is 17.6 Å². The first-order valence-corrected chi connectivity index (χ1v) is 4.01. The largest absolute Gasteiger partial charge is 0.479 e. The molecule has 70 valence electrons. The monoisotopic (exact) mass is 202 g/mol. The molecule has 1 atom stereocenters. The number of carboxylic acid groups (broad SMARTS) is 1. The van der Waals surface area contributed by atoms with E-state index >= 15 is 0 Å². The highest BCUT2D eigenvalue weighted by atomic mass is 35.5. The molecule has 1 unspecified atom stereocenters. The van der Waals surface area contributed by atoms with Gasteiger partial charge >= 0.3 is 5.97 Å². The summed E-state index contributed by atoms with van der Waals surface area (Å²) in [6.45, 7) is 0.987. The van der Waals surface area contributed by atoms with Crippen LogP contribution in [-0.4, -0.2) is 11.1 Å². The zero-order chi connectivity index (χ0) is 10.1. The second-order valence-corrected chi connectivity index (χ2v) is 3.25. The number of carbonyl (C=O) groups is 1. The standard InChI is InChI=1S/C9H8ClFO2/c1-9(11,8(12)13)6-3-2-4-7(10)5-6/h2-5H,1H3,(H,12,13). The molecular formula is C9H8ClFO2. The minimum atomic E-state index is -2.38. The van der Waals surface area contributed by atoms with Crippen LogP contribution in [0.25, 0.3) is 0 Å². The molecule has 1 N–H and O–H groups in total. The molecule has 0 aliphatic heterocycles. The van der Waals surface area contributed by atoms with E-state index in [2.05, 4.69) is 0 Å². The number of benzene rings is 1. The number of carboxylic acids is 1. The fourth-order valence-corrected chi connectivity index (χ4v) is 1.09. The molecular weight excluding hydrogens is 195 g/mol. The Kier molecular flexibility index (Phi) is 2.57. The summed E-state index contributed by atoms with van der Waals surface area (Å²) in [6.07, 6.45) is 0. The average molecular weight is 203 g/mol. The summed E-state index contributed by atoms with van der Waals surface area (Å²) in [4.78, 5) is 10.5. The number of hydrogen-bond acceptors (Lipinski definition) is 1. The van der Waals surface area contributed by atoms with Gasteiger partial charge in [0.1, 0.15) is 0 Å². The summed E-state index contributed by atoms with van der Waals surface area (Å²) >= 11 is 5.60. The van der Waals surface area contributed by atoms with Crippen molar-refractivity contribution in [3.05, 3.63) is 34.9 Å². The maximum absolute atomic E-state index is 13.5. The first-order valence-electron chi connectivity index (χ1n) is 3.63. The van der Waals surface area contributed by atoms with Crippen LogP contribution in [0.2, 0.25) is 5.02 Å². The molecule has 0 fully saturated rings. The van der Waals surface area contributed by atoms with E-state index < -0.39 is 11.6 Å². The quantitative estimate of drug-likeness (QED) is 0.801. The van der Waals surface area contributed by atoms with Gasteiger partial charge in [0.15, 0.2) is 0 Å². The molecule has 0 saturated carbocycles. The minimum absolute atomic E-state index is 0.0486. The van der Waals surface area contributed by atoms with E-state index in [9.17, 15) is 9.18 Å². The fraction of sp³-hybridized carbons (Fsp3) is 0.222. The Labute approximate surface area is 80.0 Å². The lowest BCUT2D eigenvalue weighted by Crippen LogP contribution is -2.26. The van der Waals surface area contributed by atoms with Gasteiger partial charge in [-0.2, -0.15) is 0 Å². The van der Waals surface area contributed by atoms with Crippen molar-refractivity contribution in [2.45, 2.75) is 12.6 Å². The van der Waals surface area contributed by atoms with Crippen molar-refractivity contribution in [2.75, 3.05) is 0 Å². The topological polar surface area (TPSA) is 37.3 Å². The van der Waals surface area contributed by atoms with E-state index in [0.717, 1.165) is 6.92 Å². The molecule has 1 aromatic rings. The second kappa shape index (κ2) is 3.34. The summed E-state index contributed by atoms with van der Waals surface area (Å²) in [5, 5.41) is 8.89. The zero-order valence-corrected chi connectivity index (χ0v) is 7.68. The van der Waals surface area contributed by atoms with E-state index in [0.29, 0.717) is 5.02 Å². The summed E-state index contributed by atoms with van der Waals surface area (Å²) in [6, 6.07) is 5.76. The van der Waals surface area contributed by atoms with E-state index in [1.807, 2.05) is 0 Å². The Morgan fingerprint density at radius 3 is 2.69 bits per heavy atom. The molecule has 4 heteroatoms. The molecule has 0 amide bonds. The molecule has 0 aromatic heterocycles. The molecule has 0 aliphatic rings. The third-order valence-electron chi connectivity index (χ3n) is 1.77. The predicted octanol–water partition coefficient (Wildman–Crippen LogP) is 2.61. The summed E-state index contributed by atoms with van der Waals surface area (Å²) < 4.78 is 13.5. The second-order valence-electron chi connectivity index (χ2n) is 2.82. The predicted molar refractivity (Wildman–Crippen MR) is 47.5 cm³/mol. The highest BCUT2D eigenvalue weighted by Gasteiger charge is 2.34. The summed E-state index contributed by atoms with van der Waals surface area (Å²) in [5.41, 5.74) is -2.34. The smallest absolute Gasteiger partial charge is 0.345 e. The third-order valence-corrected chi connectivity index (χ3v) is 2.00. The molecule has 0 spiro atoms. The highest BCUT2D eigenvalue weighted by molar-refractivity contribution is 6.30. The zero-order valence-electron chi connectivity index (χ0n) is 6.92. The number of alkyl halides is 1. The van der Waals surface area contributed by atoms with Crippen LogP contribution in [0.4, 0.5) is 4.39 Å². The van der Waals surface area contributed by atoms with Crippen molar-refractivity contribution in [2.24, 2.45) is 0 Å². The molecule has 0 radical (unpaired) electrons. The van der Waals surface area contributed by atoms with Crippen molar-refractivity contribution in [1.82, 2.24) is 0 Å². The van der Waals surface area contributed by atoms with Crippen LogP contribution in [-0.2, 0) is 10.5 Å². The molecule has 1 aromatic carbocycles. The van der Waals surface area contributed by atoms with Crippen LogP contribution in [0, 0.1) is 0 Å². The Morgan fingerprint density at radius 1 is 1.62 bits per heavy atom. The Morgan fingerprint density at radius 2 is 2.23 bits per heavy atom. The van der Waals surface area contributed by atoms with Gasteiger partial charge in [-0.15, -0.1) is 0 Å². The van der Waals surface area contributed by atoms with Gasteiger partial charge in [-0.3, -0.25) is 0 Å². The first kappa shape index (κ1) is 9.99. The first-order chi connectivity index (χ1) is 5.94. The molecule has 13 heavy (non-hydrogen) atoms.